The third-order valence-corrected chi connectivity index (χ3v) is 6.15. The predicted octanol–water partition coefficient (Wildman–Crippen LogP) is 5.18. The topological polar surface area (TPSA) is 64.1 Å². The lowest BCUT2D eigenvalue weighted by Crippen LogP contribution is -2.21. The Morgan fingerprint density at radius 3 is 2.90 bits per heavy atom. The average molecular weight is 406 g/mol. The van der Waals surface area contributed by atoms with Crippen LogP contribution < -0.4 is 10.1 Å². The van der Waals surface area contributed by atoms with Crippen LogP contribution in [0.4, 0.5) is 5.13 Å². The van der Waals surface area contributed by atoms with Gasteiger partial charge in [-0.3, -0.25) is 9.78 Å². The molecular weight excluding hydrogens is 382 g/mol. The Balaban J connectivity index is 1.41. The average Bonchev–Trinajstić information content (AvgIpc) is 3.11. The molecule has 1 atom stereocenters. The Bertz CT molecular complexity index is 1130. The van der Waals surface area contributed by atoms with Gasteiger partial charge < -0.3 is 10.1 Å². The van der Waals surface area contributed by atoms with Gasteiger partial charge in [-0.05, 0) is 54.8 Å². The summed E-state index contributed by atoms with van der Waals surface area (Å²) in [5.74, 6) is 0.722. The molecule has 1 aliphatic rings. The Morgan fingerprint density at radius 1 is 1.31 bits per heavy atom. The lowest BCUT2D eigenvalue weighted by molar-refractivity contribution is -0.115. The van der Waals surface area contributed by atoms with Crippen molar-refractivity contribution in [3.05, 3.63) is 71.6 Å². The number of fused-ring (bicyclic) bond motifs is 1. The summed E-state index contributed by atoms with van der Waals surface area (Å²) >= 11 is 1.45. The van der Waals surface area contributed by atoms with Crippen LogP contribution in [0.2, 0.25) is 0 Å². The van der Waals surface area contributed by atoms with Crippen molar-refractivity contribution < 1.29 is 9.53 Å². The Morgan fingerprint density at radius 2 is 2.17 bits per heavy atom. The normalized spacial score (nSPS) is 18.5. The molecule has 3 aromatic rings. The molecule has 1 aliphatic carbocycles. The summed E-state index contributed by atoms with van der Waals surface area (Å²) in [5.41, 5.74) is 4.06. The van der Waals surface area contributed by atoms with Gasteiger partial charge in [0.05, 0.1) is 23.7 Å². The summed E-state index contributed by atoms with van der Waals surface area (Å²) in [5, 5.41) is 3.53. The summed E-state index contributed by atoms with van der Waals surface area (Å²) in [4.78, 5) is 21.3. The van der Waals surface area contributed by atoms with E-state index in [2.05, 4.69) is 52.6 Å². The van der Waals surface area contributed by atoms with Crippen LogP contribution >= 0.6 is 11.3 Å². The van der Waals surface area contributed by atoms with E-state index >= 15 is 0 Å². The van der Waals surface area contributed by atoms with Crippen LogP contribution in [0.5, 0.6) is 5.75 Å². The largest absolute Gasteiger partial charge is 0.497 e. The Labute approximate surface area is 174 Å². The van der Waals surface area contributed by atoms with E-state index in [0.717, 1.165) is 33.7 Å². The van der Waals surface area contributed by atoms with Crippen LogP contribution in [-0.2, 0) is 10.2 Å². The molecule has 0 fully saturated rings. The van der Waals surface area contributed by atoms with E-state index in [1.807, 2.05) is 31.3 Å². The number of ether oxygens (including phenoxy) is 1. The molecule has 1 N–H and O–H groups in total. The highest BCUT2D eigenvalue weighted by Crippen LogP contribution is 2.34. The lowest BCUT2D eigenvalue weighted by atomic mass is 9.76. The smallest absolute Gasteiger partial charge is 0.230 e. The van der Waals surface area contributed by atoms with E-state index in [-0.39, 0.29) is 11.3 Å². The minimum absolute atomic E-state index is 0.0599. The van der Waals surface area contributed by atoms with E-state index in [1.165, 1.54) is 16.9 Å². The van der Waals surface area contributed by atoms with Crippen molar-refractivity contribution in [2.24, 2.45) is 0 Å². The van der Waals surface area contributed by atoms with Gasteiger partial charge in [-0.2, -0.15) is 0 Å². The molecule has 4 rings (SSSR count). The van der Waals surface area contributed by atoms with Crippen LogP contribution in [-0.4, -0.2) is 23.0 Å². The predicted molar refractivity (Wildman–Crippen MR) is 118 cm³/mol. The van der Waals surface area contributed by atoms with Crippen molar-refractivity contribution >= 4 is 32.6 Å². The summed E-state index contributed by atoms with van der Waals surface area (Å²) in [6, 6.07) is 9.88. The van der Waals surface area contributed by atoms with Gasteiger partial charge in [-0.25, -0.2) is 4.98 Å². The fourth-order valence-corrected chi connectivity index (χ4v) is 4.36. The highest BCUT2D eigenvalue weighted by Gasteiger charge is 2.25. The molecule has 148 valence electrons. The molecule has 5 nitrogen and oxygen atoms in total. The minimum atomic E-state index is -0.0697. The van der Waals surface area contributed by atoms with Crippen molar-refractivity contribution in [2.75, 3.05) is 12.4 Å². The molecule has 6 heteroatoms. The molecule has 2 heterocycles. The molecule has 2 aromatic heterocycles. The number of hydrogen-bond donors (Lipinski definition) is 1. The number of hydrogen-bond acceptors (Lipinski definition) is 5. The van der Waals surface area contributed by atoms with Crippen LogP contribution in [0, 0.1) is 6.92 Å². The molecule has 0 saturated carbocycles. The summed E-state index contributed by atoms with van der Waals surface area (Å²) < 4.78 is 6.23. The number of rotatable bonds is 5. The van der Waals surface area contributed by atoms with Gasteiger partial charge in [0.25, 0.3) is 0 Å². The van der Waals surface area contributed by atoms with Crippen molar-refractivity contribution in [1.82, 2.24) is 9.97 Å². The highest BCUT2D eigenvalue weighted by molar-refractivity contribution is 7.22. The summed E-state index contributed by atoms with van der Waals surface area (Å²) in [6.07, 6.45) is 9.44. The van der Waals surface area contributed by atoms with Gasteiger partial charge in [0, 0.05) is 17.3 Å². The molecule has 1 unspecified atom stereocenters. The number of thiazole rings is 1. The van der Waals surface area contributed by atoms with E-state index in [9.17, 15) is 4.79 Å². The summed E-state index contributed by atoms with van der Waals surface area (Å²) in [6.45, 7) is 4.21. The van der Waals surface area contributed by atoms with Gasteiger partial charge in [0.1, 0.15) is 5.75 Å². The van der Waals surface area contributed by atoms with Gasteiger partial charge in [-0.1, -0.05) is 36.5 Å². The molecule has 0 spiro atoms. The van der Waals surface area contributed by atoms with Crippen molar-refractivity contribution in [2.45, 2.75) is 32.1 Å². The number of amides is 1. The fourth-order valence-electron chi connectivity index (χ4n) is 3.45. The first-order valence-electron chi connectivity index (χ1n) is 9.51. The number of carbonyl (C=O) groups is 1. The molecule has 1 aromatic carbocycles. The number of anilines is 1. The number of allylic oxidation sites excluding steroid dienone is 3. The maximum atomic E-state index is 12.5. The van der Waals surface area contributed by atoms with Crippen molar-refractivity contribution in [3.63, 3.8) is 0 Å². The van der Waals surface area contributed by atoms with Gasteiger partial charge in [0.15, 0.2) is 5.13 Å². The number of benzene rings is 1. The van der Waals surface area contributed by atoms with E-state index in [1.54, 1.807) is 7.11 Å². The Hall–Kier alpha value is -2.99. The van der Waals surface area contributed by atoms with Gasteiger partial charge in [-0.15, -0.1) is 0 Å². The van der Waals surface area contributed by atoms with Crippen molar-refractivity contribution in [1.29, 1.82) is 0 Å². The van der Waals surface area contributed by atoms with E-state index in [4.69, 9.17) is 4.74 Å². The highest BCUT2D eigenvalue weighted by atomic mass is 32.1. The number of aryl methyl sites for hydroxylation is 1. The van der Waals surface area contributed by atoms with Crippen LogP contribution in [0.1, 0.15) is 31.0 Å². The molecule has 1 amide bonds. The minimum Gasteiger partial charge on any atom is -0.497 e. The third kappa shape index (κ3) is 4.22. The zero-order chi connectivity index (χ0) is 20.4. The number of nitrogens with zero attached hydrogens (tertiary/aromatic N) is 2. The first kappa shape index (κ1) is 19.3. The fraction of sp³-hybridized carbons (Fsp3) is 0.261. The zero-order valence-electron chi connectivity index (χ0n) is 16.7. The van der Waals surface area contributed by atoms with Crippen molar-refractivity contribution in [3.8, 4) is 5.75 Å². The number of aromatic nitrogens is 2. The second-order valence-corrected chi connectivity index (χ2v) is 8.53. The number of carbonyl (C=O) groups excluding carboxylic acids is 1. The number of nitrogens with one attached hydrogen (secondary N) is 1. The first-order valence-corrected chi connectivity index (χ1v) is 10.3. The summed E-state index contributed by atoms with van der Waals surface area (Å²) in [7, 11) is 1.64. The molecule has 0 aliphatic heterocycles. The maximum absolute atomic E-state index is 12.5. The van der Waals surface area contributed by atoms with Crippen LogP contribution in [0.25, 0.3) is 10.2 Å². The number of methoxy groups -OCH3 is 1. The molecule has 0 bridgehead atoms. The molecular formula is C23H23N3O2S. The molecule has 0 radical (unpaired) electrons. The molecule has 0 saturated heterocycles. The third-order valence-electron chi connectivity index (χ3n) is 5.22. The van der Waals surface area contributed by atoms with Crippen LogP contribution in [0.15, 0.2) is 60.3 Å². The number of pyridine rings is 1. The quantitative estimate of drug-likeness (QED) is 0.635. The van der Waals surface area contributed by atoms with E-state index < -0.39 is 0 Å². The monoisotopic (exact) mass is 405 g/mol. The SMILES string of the molecule is COc1ccc2nc(NC(=O)CC3=CCC(C)(c4ccnc(C)c4)C=C3)sc2c1. The second kappa shape index (κ2) is 7.79. The first-order chi connectivity index (χ1) is 13.9. The standard InChI is InChI=1S/C23H23N3O2S/c1-15-12-17(8-11-24-15)23(2)9-6-16(7-10-23)13-21(27)26-22-25-19-5-4-18(28-3)14-20(19)29-22/h4-9,11-12,14H,10,13H2,1-3H3,(H,25,26,27). The molecule has 29 heavy (non-hydrogen) atoms. The van der Waals surface area contributed by atoms with Crippen LogP contribution in [0.3, 0.4) is 0 Å². The second-order valence-electron chi connectivity index (χ2n) is 7.50. The zero-order valence-corrected chi connectivity index (χ0v) is 17.5. The maximum Gasteiger partial charge on any atom is 0.230 e. The lowest BCUT2D eigenvalue weighted by Gasteiger charge is -2.28. The van der Waals surface area contributed by atoms with Gasteiger partial charge >= 0.3 is 0 Å². The van der Waals surface area contributed by atoms with Gasteiger partial charge in [0.2, 0.25) is 5.91 Å². The Kier molecular flexibility index (Phi) is 5.20. The van der Waals surface area contributed by atoms with E-state index in [0.29, 0.717) is 11.6 Å².